The highest BCUT2D eigenvalue weighted by atomic mass is 16.6. The monoisotopic (exact) mass is 186 g/mol. The number of hydrogen-bond donors (Lipinski definition) is 2. The lowest BCUT2D eigenvalue weighted by molar-refractivity contribution is 0.0552. The van der Waals surface area contributed by atoms with E-state index in [9.17, 15) is 4.79 Å². The summed E-state index contributed by atoms with van der Waals surface area (Å²) in [5.74, 6) is 0. The molecule has 13 heavy (non-hydrogen) atoms. The Hall–Kier alpha value is -1.03. The molecule has 0 aromatic heterocycles. The van der Waals surface area contributed by atoms with Crippen molar-refractivity contribution < 1.29 is 9.53 Å². The van der Waals surface area contributed by atoms with Gasteiger partial charge in [-0.05, 0) is 33.7 Å². The fourth-order valence-electron chi connectivity index (χ4n) is 0.614. The highest BCUT2D eigenvalue weighted by molar-refractivity contribution is 5.68. The molecule has 0 aromatic rings. The largest absolute Gasteiger partial charge is 0.444 e. The van der Waals surface area contributed by atoms with Gasteiger partial charge in [-0.15, -0.1) is 0 Å². The number of nitrogens with one attached hydrogen (secondary N) is 1. The van der Waals surface area contributed by atoms with Crippen molar-refractivity contribution in [1.29, 1.82) is 0 Å². The van der Waals surface area contributed by atoms with E-state index in [0.29, 0.717) is 6.54 Å². The molecule has 0 aliphatic heterocycles. The summed E-state index contributed by atoms with van der Waals surface area (Å²) >= 11 is 0. The molecule has 0 aromatic carbocycles. The second-order valence-electron chi connectivity index (χ2n) is 3.63. The third-order valence-electron chi connectivity index (χ3n) is 1.05. The molecule has 0 unspecified atom stereocenters. The van der Waals surface area contributed by atoms with Crippen LogP contribution in [-0.4, -0.2) is 18.2 Å². The molecule has 0 aliphatic carbocycles. The van der Waals surface area contributed by atoms with Crippen LogP contribution in [0.15, 0.2) is 12.3 Å². The molecule has 4 heteroatoms. The number of ether oxygens (including phenoxy) is 1. The summed E-state index contributed by atoms with van der Waals surface area (Å²) in [6.45, 7) is 6.02. The number of carbonyl (C=O) groups excluding carboxylic acids is 1. The second-order valence-corrected chi connectivity index (χ2v) is 3.63. The van der Waals surface area contributed by atoms with Gasteiger partial charge in [0.2, 0.25) is 0 Å². The van der Waals surface area contributed by atoms with Crippen molar-refractivity contribution in [2.75, 3.05) is 6.54 Å². The summed E-state index contributed by atoms with van der Waals surface area (Å²) in [7, 11) is 0. The van der Waals surface area contributed by atoms with E-state index in [0.717, 1.165) is 6.42 Å². The van der Waals surface area contributed by atoms with Gasteiger partial charge in [0, 0.05) is 6.20 Å². The average molecular weight is 186 g/mol. The molecular formula is C9H18N2O2. The van der Waals surface area contributed by atoms with Gasteiger partial charge in [0.25, 0.3) is 0 Å². The summed E-state index contributed by atoms with van der Waals surface area (Å²) in [6.07, 6.45) is 3.63. The second kappa shape index (κ2) is 5.59. The minimum atomic E-state index is -0.453. The smallest absolute Gasteiger partial charge is 0.411 e. The SMILES string of the molecule is CC(C)(C)OC(=O)N/C=C/CCN. The molecule has 4 nitrogen and oxygen atoms in total. The van der Waals surface area contributed by atoms with Crippen molar-refractivity contribution in [2.45, 2.75) is 32.8 Å². The van der Waals surface area contributed by atoms with Crippen molar-refractivity contribution in [3.05, 3.63) is 12.3 Å². The maximum absolute atomic E-state index is 11.0. The summed E-state index contributed by atoms with van der Waals surface area (Å²) in [6, 6.07) is 0. The van der Waals surface area contributed by atoms with E-state index in [2.05, 4.69) is 5.32 Å². The van der Waals surface area contributed by atoms with E-state index in [1.54, 1.807) is 12.3 Å². The molecule has 0 aliphatic rings. The van der Waals surface area contributed by atoms with Crippen LogP contribution in [0.25, 0.3) is 0 Å². The summed E-state index contributed by atoms with van der Waals surface area (Å²) in [4.78, 5) is 11.0. The molecule has 0 spiro atoms. The molecule has 0 radical (unpaired) electrons. The number of rotatable bonds is 3. The first kappa shape index (κ1) is 12.0. The molecule has 0 saturated heterocycles. The van der Waals surface area contributed by atoms with E-state index in [1.165, 1.54) is 0 Å². The van der Waals surface area contributed by atoms with Crippen LogP contribution in [0, 0.1) is 0 Å². The number of hydrogen-bond acceptors (Lipinski definition) is 3. The fourth-order valence-corrected chi connectivity index (χ4v) is 0.614. The van der Waals surface area contributed by atoms with Crippen LogP contribution >= 0.6 is 0 Å². The minimum Gasteiger partial charge on any atom is -0.444 e. The third kappa shape index (κ3) is 8.88. The van der Waals surface area contributed by atoms with Gasteiger partial charge in [-0.2, -0.15) is 0 Å². The van der Waals surface area contributed by atoms with Gasteiger partial charge in [-0.3, -0.25) is 5.32 Å². The number of alkyl carbamates (subject to hydrolysis) is 1. The normalized spacial score (nSPS) is 11.7. The summed E-state index contributed by atoms with van der Waals surface area (Å²) in [5.41, 5.74) is 4.80. The summed E-state index contributed by atoms with van der Waals surface area (Å²) < 4.78 is 4.99. The Labute approximate surface area is 79.1 Å². The van der Waals surface area contributed by atoms with Crippen molar-refractivity contribution in [3.8, 4) is 0 Å². The van der Waals surface area contributed by atoms with E-state index in [4.69, 9.17) is 10.5 Å². The molecule has 0 bridgehead atoms. The van der Waals surface area contributed by atoms with Crippen LogP contribution in [-0.2, 0) is 4.74 Å². The van der Waals surface area contributed by atoms with Gasteiger partial charge in [0.15, 0.2) is 0 Å². The molecule has 1 amide bonds. The maximum Gasteiger partial charge on any atom is 0.411 e. The lowest BCUT2D eigenvalue weighted by Gasteiger charge is -2.18. The zero-order valence-electron chi connectivity index (χ0n) is 8.46. The Morgan fingerprint density at radius 2 is 2.15 bits per heavy atom. The Morgan fingerprint density at radius 1 is 1.54 bits per heavy atom. The topological polar surface area (TPSA) is 64.3 Å². The van der Waals surface area contributed by atoms with Crippen molar-refractivity contribution in [2.24, 2.45) is 5.73 Å². The van der Waals surface area contributed by atoms with E-state index in [1.807, 2.05) is 20.8 Å². The van der Waals surface area contributed by atoms with Crippen LogP contribution in [0.1, 0.15) is 27.2 Å². The quantitative estimate of drug-likeness (QED) is 0.699. The zero-order valence-corrected chi connectivity index (χ0v) is 8.46. The summed E-state index contributed by atoms with van der Waals surface area (Å²) in [5, 5.41) is 2.48. The van der Waals surface area contributed by atoms with Crippen LogP contribution < -0.4 is 11.1 Å². The number of carbonyl (C=O) groups is 1. The van der Waals surface area contributed by atoms with E-state index >= 15 is 0 Å². The number of nitrogens with two attached hydrogens (primary N) is 1. The van der Waals surface area contributed by atoms with Crippen LogP contribution in [0.3, 0.4) is 0 Å². The fraction of sp³-hybridized carbons (Fsp3) is 0.667. The Morgan fingerprint density at radius 3 is 2.62 bits per heavy atom. The highest BCUT2D eigenvalue weighted by Gasteiger charge is 2.14. The first-order valence-electron chi connectivity index (χ1n) is 4.30. The Bertz CT molecular complexity index is 183. The maximum atomic E-state index is 11.0. The zero-order chi connectivity index (χ0) is 10.3. The van der Waals surface area contributed by atoms with Gasteiger partial charge >= 0.3 is 6.09 Å². The molecule has 0 atom stereocenters. The number of amides is 1. The van der Waals surface area contributed by atoms with E-state index in [-0.39, 0.29) is 0 Å². The Kier molecular flexibility index (Phi) is 5.14. The molecule has 0 heterocycles. The van der Waals surface area contributed by atoms with Crippen molar-refractivity contribution >= 4 is 6.09 Å². The van der Waals surface area contributed by atoms with Gasteiger partial charge < -0.3 is 10.5 Å². The molecule has 0 saturated carbocycles. The molecule has 3 N–H and O–H groups in total. The van der Waals surface area contributed by atoms with Crippen LogP contribution in [0.4, 0.5) is 4.79 Å². The van der Waals surface area contributed by atoms with E-state index < -0.39 is 11.7 Å². The molecule has 76 valence electrons. The lowest BCUT2D eigenvalue weighted by atomic mass is 10.2. The first-order valence-corrected chi connectivity index (χ1v) is 4.30. The van der Waals surface area contributed by atoms with Gasteiger partial charge in [0.05, 0.1) is 0 Å². The van der Waals surface area contributed by atoms with Crippen molar-refractivity contribution in [1.82, 2.24) is 5.32 Å². The lowest BCUT2D eigenvalue weighted by Crippen LogP contribution is -2.29. The molecule has 0 rings (SSSR count). The van der Waals surface area contributed by atoms with Gasteiger partial charge in [-0.1, -0.05) is 6.08 Å². The first-order chi connectivity index (χ1) is 5.95. The van der Waals surface area contributed by atoms with Crippen molar-refractivity contribution in [3.63, 3.8) is 0 Å². The molecular weight excluding hydrogens is 168 g/mol. The van der Waals surface area contributed by atoms with Gasteiger partial charge in [-0.25, -0.2) is 4.79 Å². The van der Waals surface area contributed by atoms with Crippen LogP contribution in [0.5, 0.6) is 0 Å². The Balaban J connectivity index is 3.64. The standard InChI is InChI=1S/C9H18N2O2/c1-9(2,3)13-8(12)11-7-5-4-6-10/h5,7H,4,6,10H2,1-3H3,(H,11,12)/b7-5+. The molecule has 0 fully saturated rings. The van der Waals surface area contributed by atoms with Gasteiger partial charge in [0.1, 0.15) is 5.60 Å². The third-order valence-corrected chi connectivity index (χ3v) is 1.05. The minimum absolute atomic E-state index is 0.444. The van der Waals surface area contributed by atoms with Crippen LogP contribution in [0.2, 0.25) is 0 Å². The predicted octanol–water partition coefficient (Wildman–Crippen LogP) is 1.37. The highest BCUT2D eigenvalue weighted by Crippen LogP contribution is 2.06. The predicted molar refractivity (Wildman–Crippen MR) is 52.2 cm³/mol. The average Bonchev–Trinajstić information content (AvgIpc) is 1.94.